The summed E-state index contributed by atoms with van der Waals surface area (Å²) < 4.78 is 10.7. The van der Waals surface area contributed by atoms with Crippen LogP contribution in [0, 0.1) is 0 Å². The number of rotatable bonds is 8. The highest BCUT2D eigenvalue weighted by Gasteiger charge is 2.13. The molecule has 2 aromatic carbocycles. The number of fused-ring (bicyclic) bond motifs is 1. The van der Waals surface area contributed by atoms with Gasteiger partial charge in [0.15, 0.2) is 17.5 Å². The van der Waals surface area contributed by atoms with E-state index in [0.717, 1.165) is 29.2 Å². The first-order chi connectivity index (χ1) is 14.5. The number of nitrogens with one attached hydrogen (secondary N) is 3. The maximum atomic E-state index is 11.9. The van der Waals surface area contributed by atoms with E-state index in [-0.39, 0.29) is 43.2 Å². The lowest BCUT2D eigenvalue weighted by Crippen LogP contribution is -2.36. The van der Waals surface area contributed by atoms with E-state index in [9.17, 15) is 9.59 Å². The maximum Gasteiger partial charge on any atom is 0.251 e. The standard InChI is InChI=1S/C21H25N5O4.HI/c1-2-23-21(26-11-15-5-8-17-18(9-15)30-13-29-17)25-10-14-3-6-16(7-4-14)20(28)24-12-19(22)27;/h3-9H,2,10-13H2,1H3,(H2,22,27)(H,24,28)(H2,23,25,26);1H. The summed E-state index contributed by atoms with van der Waals surface area (Å²) in [5.41, 5.74) is 7.49. The monoisotopic (exact) mass is 539 g/mol. The van der Waals surface area contributed by atoms with Crippen molar-refractivity contribution in [2.45, 2.75) is 20.0 Å². The molecule has 1 aliphatic heterocycles. The third-order valence-electron chi connectivity index (χ3n) is 4.30. The van der Waals surface area contributed by atoms with Gasteiger partial charge in [0.05, 0.1) is 13.1 Å². The zero-order chi connectivity index (χ0) is 21.3. The minimum absolute atomic E-state index is 0. The number of hydrogen-bond donors (Lipinski definition) is 4. The summed E-state index contributed by atoms with van der Waals surface area (Å²) in [6.45, 7) is 3.82. The highest BCUT2D eigenvalue weighted by Crippen LogP contribution is 2.32. The van der Waals surface area contributed by atoms with Gasteiger partial charge < -0.3 is 31.2 Å². The van der Waals surface area contributed by atoms with Crippen LogP contribution in [-0.4, -0.2) is 37.7 Å². The van der Waals surface area contributed by atoms with Gasteiger partial charge in [-0.05, 0) is 42.3 Å². The summed E-state index contributed by atoms with van der Waals surface area (Å²) in [4.78, 5) is 27.3. The van der Waals surface area contributed by atoms with Crippen molar-refractivity contribution >= 4 is 41.8 Å². The molecule has 0 aliphatic carbocycles. The van der Waals surface area contributed by atoms with E-state index in [1.807, 2.05) is 37.3 Å². The molecule has 0 saturated carbocycles. The van der Waals surface area contributed by atoms with Gasteiger partial charge in [-0.1, -0.05) is 18.2 Å². The van der Waals surface area contributed by atoms with Gasteiger partial charge >= 0.3 is 0 Å². The van der Waals surface area contributed by atoms with Crippen molar-refractivity contribution in [1.29, 1.82) is 0 Å². The van der Waals surface area contributed by atoms with Gasteiger partial charge in [-0.15, -0.1) is 24.0 Å². The van der Waals surface area contributed by atoms with Crippen LogP contribution in [-0.2, 0) is 17.9 Å². The summed E-state index contributed by atoms with van der Waals surface area (Å²) in [6, 6.07) is 12.9. The van der Waals surface area contributed by atoms with Crippen LogP contribution in [0.5, 0.6) is 11.5 Å². The summed E-state index contributed by atoms with van der Waals surface area (Å²) in [6.07, 6.45) is 0. The molecule has 1 aliphatic rings. The van der Waals surface area contributed by atoms with Crippen LogP contribution in [0.4, 0.5) is 0 Å². The normalized spacial score (nSPS) is 12.0. The minimum atomic E-state index is -0.583. The van der Waals surface area contributed by atoms with Crippen LogP contribution >= 0.6 is 24.0 Å². The Morgan fingerprint density at radius 1 is 1.00 bits per heavy atom. The van der Waals surface area contributed by atoms with E-state index in [2.05, 4.69) is 20.9 Å². The molecule has 2 aromatic rings. The van der Waals surface area contributed by atoms with Crippen molar-refractivity contribution in [3.8, 4) is 11.5 Å². The van der Waals surface area contributed by atoms with E-state index in [0.29, 0.717) is 24.6 Å². The molecule has 166 valence electrons. The number of nitrogens with zero attached hydrogens (tertiary/aromatic N) is 1. The first kappa shape index (κ1) is 24.3. The van der Waals surface area contributed by atoms with Gasteiger partial charge in [-0.3, -0.25) is 9.59 Å². The number of nitrogens with two attached hydrogens (primary N) is 1. The fraction of sp³-hybridized carbons (Fsp3) is 0.286. The van der Waals surface area contributed by atoms with Crippen molar-refractivity contribution in [2.75, 3.05) is 19.9 Å². The Hall–Kier alpha value is -3.02. The Balaban J connectivity index is 0.00000341. The van der Waals surface area contributed by atoms with Crippen molar-refractivity contribution in [2.24, 2.45) is 10.7 Å². The van der Waals surface area contributed by atoms with Crippen molar-refractivity contribution < 1.29 is 19.1 Å². The maximum absolute atomic E-state index is 11.9. The summed E-state index contributed by atoms with van der Waals surface area (Å²) in [7, 11) is 0. The third kappa shape index (κ3) is 7.31. The topological polar surface area (TPSA) is 127 Å². The van der Waals surface area contributed by atoms with Crippen LogP contribution in [0.2, 0.25) is 0 Å². The molecule has 0 saturated heterocycles. The van der Waals surface area contributed by atoms with Gasteiger partial charge in [0, 0.05) is 18.7 Å². The molecule has 1 heterocycles. The van der Waals surface area contributed by atoms with Gasteiger partial charge in [0.1, 0.15) is 0 Å². The minimum Gasteiger partial charge on any atom is -0.454 e. The summed E-state index contributed by atoms with van der Waals surface area (Å²) in [5, 5.41) is 8.93. The molecule has 9 nitrogen and oxygen atoms in total. The van der Waals surface area contributed by atoms with E-state index >= 15 is 0 Å². The number of halogens is 1. The molecule has 0 fully saturated rings. The highest BCUT2D eigenvalue weighted by molar-refractivity contribution is 14.0. The number of benzene rings is 2. The SMILES string of the molecule is CCNC(=NCc1ccc2c(c1)OCO2)NCc1ccc(C(=O)NCC(N)=O)cc1.I. The number of primary amides is 1. The summed E-state index contributed by atoms with van der Waals surface area (Å²) in [5.74, 6) is 1.24. The van der Waals surface area contributed by atoms with Crippen molar-refractivity contribution in [3.63, 3.8) is 0 Å². The van der Waals surface area contributed by atoms with Crippen molar-refractivity contribution in [1.82, 2.24) is 16.0 Å². The van der Waals surface area contributed by atoms with E-state index in [4.69, 9.17) is 15.2 Å². The van der Waals surface area contributed by atoms with E-state index in [1.165, 1.54) is 0 Å². The van der Waals surface area contributed by atoms with Gasteiger partial charge in [-0.25, -0.2) is 4.99 Å². The number of guanidine groups is 1. The second-order valence-electron chi connectivity index (χ2n) is 6.58. The number of carbonyl (C=O) groups is 2. The van der Waals surface area contributed by atoms with Crippen molar-refractivity contribution in [3.05, 3.63) is 59.2 Å². The lowest BCUT2D eigenvalue weighted by atomic mass is 10.1. The second kappa shape index (κ2) is 12.0. The number of amides is 2. The Bertz CT molecular complexity index is 934. The van der Waals surface area contributed by atoms with Gasteiger partial charge in [0.2, 0.25) is 12.7 Å². The number of carbonyl (C=O) groups excluding carboxylic acids is 2. The Morgan fingerprint density at radius 2 is 1.71 bits per heavy atom. The van der Waals surface area contributed by atoms with Gasteiger partial charge in [-0.2, -0.15) is 0 Å². The lowest BCUT2D eigenvalue weighted by Gasteiger charge is -2.12. The zero-order valence-electron chi connectivity index (χ0n) is 17.1. The fourth-order valence-electron chi connectivity index (χ4n) is 2.78. The lowest BCUT2D eigenvalue weighted by molar-refractivity contribution is -0.117. The van der Waals surface area contributed by atoms with Gasteiger partial charge in [0.25, 0.3) is 5.91 Å². The largest absolute Gasteiger partial charge is 0.454 e. The zero-order valence-corrected chi connectivity index (χ0v) is 19.5. The molecule has 0 spiro atoms. The highest BCUT2D eigenvalue weighted by atomic mass is 127. The number of ether oxygens (including phenoxy) is 2. The molecule has 0 bridgehead atoms. The molecule has 3 rings (SSSR count). The smallest absolute Gasteiger partial charge is 0.251 e. The first-order valence-corrected chi connectivity index (χ1v) is 9.61. The van der Waals surface area contributed by atoms with Crippen LogP contribution in [0.15, 0.2) is 47.5 Å². The molecular formula is C21H26IN5O4. The molecule has 2 amide bonds. The quantitative estimate of drug-likeness (QED) is 0.229. The Morgan fingerprint density at radius 3 is 2.42 bits per heavy atom. The third-order valence-corrected chi connectivity index (χ3v) is 4.30. The molecular weight excluding hydrogens is 513 g/mol. The average Bonchev–Trinajstić information content (AvgIpc) is 3.22. The molecule has 31 heavy (non-hydrogen) atoms. The van der Waals surface area contributed by atoms with Crippen LogP contribution in [0.3, 0.4) is 0 Å². The first-order valence-electron chi connectivity index (χ1n) is 9.61. The Labute approximate surface area is 197 Å². The predicted molar refractivity (Wildman–Crippen MR) is 128 cm³/mol. The second-order valence-corrected chi connectivity index (χ2v) is 6.58. The fourth-order valence-corrected chi connectivity index (χ4v) is 2.78. The number of hydrogen-bond acceptors (Lipinski definition) is 5. The molecule has 0 unspecified atom stereocenters. The number of aliphatic imine (C=N–C) groups is 1. The molecule has 5 N–H and O–H groups in total. The molecule has 10 heteroatoms. The predicted octanol–water partition coefficient (Wildman–Crippen LogP) is 1.50. The molecule has 0 aromatic heterocycles. The average molecular weight is 539 g/mol. The van der Waals surface area contributed by atoms with E-state index in [1.54, 1.807) is 12.1 Å². The van der Waals surface area contributed by atoms with Crippen LogP contribution in [0.1, 0.15) is 28.4 Å². The summed E-state index contributed by atoms with van der Waals surface area (Å²) >= 11 is 0. The molecule has 0 atom stereocenters. The van der Waals surface area contributed by atoms with E-state index < -0.39 is 5.91 Å². The van der Waals surface area contributed by atoms with Crippen LogP contribution in [0.25, 0.3) is 0 Å². The van der Waals surface area contributed by atoms with Crippen LogP contribution < -0.4 is 31.2 Å². The Kier molecular flexibility index (Phi) is 9.38. The molecule has 0 radical (unpaired) electrons.